The first kappa shape index (κ1) is 18.7. The zero-order valence-corrected chi connectivity index (χ0v) is 16.1. The molecule has 0 fully saturated rings. The third-order valence-electron chi connectivity index (χ3n) is 4.30. The molecule has 0 bridgehead atoms. The maximum atomic E-state index is 13.1. The number of aliphatic imine (C=N–C) groups is 1. The van der Waals surface area contributed by atoms with Crippen molar-refractivity contribution in [3.8, 4) is 0 Å². The summed E-state index contributed by atoms with van der Waals surface area (Å²) in [5, 5.41) is 6.66. The quantitative estimate of drug-likeness (QED) is 0.425. The summed E-state index contributed by atoms with van der Waals surface area (Å²) in [4.78, 5) is 4.24. The molecule has 0 heterocycles. The molecule has 5 heteroatoms. The number of hydrogen-bond acceptors (Lipinski definition) is 1. The van der Waals surface area contributed by atoms with Crippen LogP contribution in [0.1, 0.15) is 22.6 Å². The Kier molecular flexibility index (Phi) is 7.02. The number of halogens is 2. The molecule has 2 N–H and O–H groups in total. The molecular formula is C19H23FIN3. The minimum atomic E-state index is -0.186. The van der Waals surface area contributed by atoms with Crippen LogP contribution in [-0.2, 0) is 12.8 Å². The summed E-state index contributed by atoms with van der Waals surface area (Å²) in [6, 6.07) is 15.3. The summed E-state index contributed by atoms with van der Waals surface area (Å²) >= 11 is 0. The fraction of sp³-hybridized carbons (Fsp3) is 0.316. The molecule has 1 aliphatic rings. The number of guanidine groups is 1. The summed E-state index contributed by atoms with van der Waals surface area (Å²) in [7, 11) is 1.77. The summed E-state index contributed by atoms with van der Waals surface area (Å²) < 4.78 is 13.1. The van der Waals surface area contributed by atoms with Gasteiger partial charge in [0.2, 0.25) is 0 Å². The van der Waals surface area contributed by atoms with Crippen molar-refractivity contribution in [2.45, 2.75) is 18.8 Å². The second-order valence-electron chi connectivity index (χ2n) is 5.86. The lowest BCUT2D eigenvalue weighted by Gasteiger charge is -2.30. The summed E-state index contributed by atoms with van der Waals surface area (Å²) in [6.07, 6.45) is 1.90. The van der Waals surface area contributed by atoms with Crippen LogP contribution in [0.5, 0.6) is 0 Å². The predicted octanol–water partition coefficient (Wildman–Crippen LogP) is 3.49. The maximum absolute atomic E-state index is 13.1. The van der Waals surface area contributed by atoms with Crippen molar-refractivity contribution in [3.05, 3.63) is 71.0 Å². The van der Waals surface area contributed by atoms with Gasteiger partial charge in [-0.15, -0.1) is 24.0 Å². The number of nitrogens with one attached hydrogen (secondary N) is 2. The van der Waals surface area contributed by atoms with E-state index >= 15 is 0 Å². The summed E-state index contributed by atoms with van der Waals surface area (Å²) in [6.45, 7) is 1.61. The van der Waals surface area contributed by atoms with E-state index in [-0.39, 0.29) is 29.8 Å². The first-order valence-electron chi connectivity index (χ1n) is 8.03. The van der Waals surface area contributed by atoms with Crippen molar-refractivity contribution in [3.63, 3.8) is 0 Å². The van der Waals surface area contributed by atoms with E-state index in [1.807, 2.05) is 6.07 Å². The largest absolute Gasteiger partial charge is 0.356 e. The van der Waals surface area contributed by atoms with Crippen molar-refractivity contribution >= 4 is 29.9 Å². The van der Waals surface area contributed by atoms with Gasteiger partial charge in [0.05, 0.1) is 0 Å². The molecule has 3 rings (SSSR count). The van der Waals surface area contributed by atoms with E-state index in [4.69, 9.17) is 0 Å². The van der Waals surface area contributed by atoms with Crippen molar-refractivity contribution in [1.82, 2.24) is 10.6 Å². The van der Waals surface area contributed by atoms with Crippen LogP contribution in [0.3, 0.4) is 0 Å². The molecule has 2 aromatic carbocycles. The van der Waals surface area contributed by atoms with Gasteiger partial charge in [0.15, 0.2) is 5.96 Å². The topological polar surface area (TPSA) is 36.4 Å². The molecule has 1 aliphatic carbocycles. The Balaban J connectivity index is 0.00000208. The number of benzene rings is 2. The molecule has 1 unspecified atom stereocenters. The van der Waals surface area contributed by atoms with Crippen molar-refractivity contribution in [2.75, 3.05) is 20.1 Å². The molecule has 24 heavy (non-hydrogen) atoms. The highest BCUT2D eigenvalue weighted by atomic mass is 127. The molecular weight excluding hydrogens is 416 g/mol. The van der Waals surface area contributed by atoms with Gasteiger partial charge in [0, 0.05) is 26.1 Å². The molecule has 0 aromatic heterocycles. The minimum absolute atomic E-state index is 0. The lowest BCUT2D eigenvalue weighted by molar-refractivity contribution is 0.584. The van der Waals surface area contributed by atoms with Crippen LogP contribution in [0.25, 0.3) is 0 Å². The van der Waals surface area contributed by atoms with Crippen LogP contribution in [0.4, 0.5) is 4.39 Å². The fourth-order valence-corrected chi connectivity index (χ4v) is 3.00. The molecule has 3 nitrogen and oxygen atoms in total. The van der Waals surface area contributed by atoms with Crippen LogP contribution in [0.2, 0.25) is 0 Å². The number of fused-ring (bicyclic) bond motifs is 1. The molecule has 128 valence electrons. The fourth-order valence-electron chi connectivity index (χ4n) is 3.00. The van der Waals surface area contributed by atoms with Gasteiger partial charge >= 0.3 is 0 Å². The molecule has 1 atom stereocenters. The van der Waals surface area contributed by atoms with Gasteiger partial charge < -0.3 is 10.6 Å². The average Bonchev–Trinajstić information content (AvgIpc) is 2.54. The summed E-state index contributed by atoms with van der Waals surface area (Å²) in [5.41, 5.74) is 3.88. The van der Waals surface area contributed by atoms with Gasteiger partial charge in [0.1, 0.15) is 5.82 Å². The molecule has 0 amide bonds. The van der Waals surface area contributed by atoms with Crippen molar-refractivity contribution in [2.24, 2.45) is 4.99 Å². The van der Waals surface area contributed by atoms with Gasteiger partial charge in [-0.3, -0.25) is 4.99 Å². The van der Waals surface area contributed by atoms with Gasteiger partial charge in [-0.05, 0) is 41.7 Å². The van der Waals surface area contributed by atoms with Crippen LogP contribution in [0.15, 0.2) is 53.5 Å². The Morgan fingerprint density at radius 2 is 2.00 bits per heavy atom. The second kappa shape index (κ2) is 9.01. The van der Waals surface area contributed by atoms with Gasteiger partial charge in [-0.25, -0.2) is 4.39 Å². The Morgan fingerprint density at radius 1 is 1.17 bits per heavy atom. The number of rotatable bonds is 5. The number of hydrogen-bond donors (Lipinski definition) is 2. The lowest BCUT2D eigenvalue weighted by Crippen LogP contribution is -2.41. The van der Waals surface area contributed by atoms with E-state index in [1.165, 1.54) is 17.2 Å². The maximum Gasteiger partial charge on any atom is 0.191 e. The Labute approximate surface area is 159 Å². The molecule has 0 aliphatic heterocycles. The Hall–Kier alpha value is -1.63. The highest BCUT2D eigenvalue weighted by Gasteiger charge is 2.25. The molecule has 0 spiro atoms. The normalized spacial score (nSPS) is 15.8. The summed E-state index contributed by atoms with van der Waals surface area (Å²) in [5.74, 6) is 1.17. The monoisotopic (exact) mass is 439 g/mol. The van der Waals surface area contributed by atoms with E-state index < -0.39 is 0 Å². The zero-order valence-electron chi connectivity index (χ0n) is 13.8. The van der Waals surface area contributed by atoms with E-state index in [0.717, 1.165) is 37.5 Å². The van der Waals surface area contributed by atoms with E-state index in [0.29, 0.717) is 5.92 Å². The predicted molar refractivity (Wildman–Crippen MR) is 108 cm³/mol. The second-order valence-corrected chi connectivity index (χ2v) is 5.86. The van der Waals surface area contributed by atoms with E-state index in [1.54, 1.807) is 19.2 Å². The highest BCUT2D eigenvalue weighted by Crippen LogP contribution is 2.33. The average molecular weight is 439 g/mol. The van der Waals surface area contributed by atoms with Crippen LogP contribution < -0.4 is 10.6 Å². The smallest absolute Gasteiger partial charge is 0.191 e. The highest BCUT2D eigenvalue weighted by molar-refractivity contribution is 14.0. The molecule has 0 saturated carbocycles. The van der Waals surface area contributed by atoms with E-state index in [9.17, 15) is 4.39 Å². The number of nitrogens with zero attached hydrogens (tertiary/aromatic N) is 1. The molecule has 0 saturated heterocycles. The third kappa shape index (κ3) is 4.69. The molecule has 2 aromatic rings. The lowest BCUT2D eigenvalue weighted by atomic mass is 9.78. The molecule has 0 radical (unpaired) electrons. The van der Waals surface area contributed by atoms with Crippen molar-refractivity contribution < 1.29 is 4.39 Å². The van der Waals surface area contributed by atoms with Gasteiger partial charge in [-0.1, -0.05) is 36.4 Å². The Bertz CT molecular complexity index is 703. The third-order valence-corrected chi connectivity index (χ3v) is 4.30. The van der Waals surface area contributed by atoms with Crippen molar-refractivity contribution in [1.29, 1.82) is 0 Å². The van der Waals surface area contributed by atoms with Crippen LogP contribution in [0, 0.1) is 5.82 Å². The van der Waals surface area contributed by atoms with Gasteiger partial charge in [0.25, 0.3) is 0 Å². The zero-order chi connectivity index (χ0) is 16.1. The Morgan fingerprint density at radius 3 is 2.75 bits per heavy atom. The van der Waals surface area contributed by atoms with Crippen LogP contribution in [-0.4, -0.2) is 26.1 Å². The van der Waals surface area contributed by atoms with Gasteiger partial charge in [-0.2, -0.15) is 0 Å². The first-order valence-corrected chi connectivity index (χ1v) is 8.03. The van der Waals surface area contributed by atoms with Crippen LogP contribution >= 0.6 is 24.0 Å². The standard InChI is InChI=1S/C19H22FN3.HI/c1-21-19(22-10-9-14-5-4-7-17(20)11-14)23-13-16-12-15-6-2-3-8-18(15)16;/h2-8,11,16H,9-10,12-13H2,1H3,(H2,21,22,23);1H. The SMILES string of the molecule is CN=C(NCCc1cccc(F)c1)NCC1Cc2ccccc21.I. The van der Waals surface area contributed by atoms with E-state index in [2.05, 4.69) is 39.9 Å². The minimum Gasteiger partial charge on any atom is -0.356 e. The first-order chi connectivity index (χ1) is 11.3.